The van der Waals surface area contributed by atoms with Crippen LogP contribution in [0.4, 0.5) is 0 Å². The number of hydrogen-bond donors (Lipinski definition) is 0. The van der Waals surface area contributed by atoms with Gasteiger partial charge in [-0.2, -0.15) is 4.99 Å². The van der Waals surface area contributed by atoms with Gasteiger partial charge in [0.1, 0.15) is 5.75 Å². The van der Waals surface area contributed by atoms with Crippen LogP contribution in [-0.2, 0) is 13.0 Å². The summed E-state index contributed by atoms with van der Waals surface area (Å²) in [7, 11) is 1.58. The minimum absolute atomic E-state index is 0.270. The van der Waals surface area contributed by atoms with Crippen molar-refractivity contribution in [3.05, 3.63) is 68.8 Å². The van der Waals surface area contributed by atoms with E-state index in [1.54, 1.807) is 36.6 Å². The Labute approximate surface area is 174 Å². The lowest BCUT2D eigenvalue weighted by Gasteiger charge is -2.09. The van der Waals surface area contributed by atoms with Crippen molar-refractivity contribution < 1.29 is 9.53 Å². The topological polar surface area (TPSA) is 43.6 Å². The molecule has 0 aliphatic carbocycles. The first-order chi connectivity index (χ1) is 13.6. The van der Waals surface area contributed by atoms with Gasteiger partial charge in [0, 0.05) is 22.0 Å². The fourth-order valence-corrected chi connectivity index (χ4v) is 4.50. The molecule has 146 valence electrons. The molecule has 1 heterocycles. The first-order valence-corrected chi connectivity index (χ1v) is 10.5. The maximum absolute atomic E-state index is 12.8. The number of aryl methyl sites for hydroxylation is 1. The second kappa shape index (κ2) is 9.22. The summed E-state index contributed by atoms with van der Waals surface area (Å²) in [6, 6.07) is 14.9. The van der Waals surface area contributed by atoms with E-state index in [1.807, 2.05) is 30.3 Å². The quantitative estimate of drug-likeness (QED) is 0.527. The Kier molecular flexibility index (Phi) is 6.70. The standard InChI is InChI=1S/C22H23ClN2O2S/c1-4-7-19-20(15-10-12-17(23)13-11-15)25(5-2)22(28-19)24-21(26)16-8-6-9-18(14-16)27-3/h6,8-14H,4-5,7H2,1-3H3. The molecule has 0 atom stereocenters. The largest absolute Gasteiger partial charge is 0.497 e. The minimum atomic E-state index is -0.270. The number of methoxy groups -OCH3 is 1. The molecule has 0 aliphatic rings. The number of halogens is 1. The van der Waals surface area contributed by atoms with Crippen LogP contribution in [0.2, 0.25) is 5.02 Å². The lowest BCUT2D eigenvalue weighted by molar-refractivity contribution is 0.0997. The van der Waals surface area contributed by atoms with Crippen molar-refractivity contribution >= 4 is 28.8 Å². The first-order valence-electron chi connectivity index (χ1n) is 9.28. The lowest BCUT2D eigenvalue weighted by Crippen LogP contribution is -2.17. The predicted octanol–water partition coefficient (Wildman–Crippen LogP) is 5.59. The molecule has 0 saturated heterocycles. The van der Waals surface area contributed by atoms with Gasteiger partial charge in [0.15, 0.2) is 4.80 Å². The molecule has 6 heteroatoms. The fraction of sp³-hybridized carbons (Fsp3) is 0.273. The van der Waals surface area contributed by atoms with E-state index in [0.717, 1.165) is 30.6 Å². The Bertz CT molecular complexity index is 1040. The van der Waals surface area contributed by atoms with Crippen LogP contribution in [0.5, 0.6) is 5.75 Å². The molecule has 0 aliphatic heterocycles. The molecular formula is C22H23ClN2O2S. The summed E-state index contributed by atoms with van der Waals surface area (Å²) >= 11 is 7.64. The van der Waals surface area contributed by atoms with Crippen LogP contribution in [0, 0.1) is 0 Å². The van der Waals surface area contributed by atoms with Crippen LogP contribution in [0.1, 0.15) is 35.5 Å². The van der Waals surface area contributed by atoms with Crippen molar-refractivity contribution in [3.63, 3.8) is 0 Å². The van der Waals surface area contributed by atoms with Crippen molar-refractivity contribution in [2.75, 3.05) is 7.11 Å². The Balaban J connectivity index is 2.12. The summed E-state index contributed by atoms with van der Waals surface area (Å²) in [5, 5.41) is 0.706. The van der Waals surface area contributed by atoms with Gasteiger partial charge in [0.25, 0.3) is 5.91 Å². The molecule has 3 rings (SSSR count). The van der Waals surface area contributed by atoms with Crippen LogP contribution in [0.25, 0.3) is 11.3 Å². The molecule has 1 amide bonds. The SMILES string of the molecule is CCCc1sc(=NC(=O)c2cccc(OC)c2)n(CC)c1-c1ccc(Cl)cc1. The Morgan fingerprint density at radius 3 is 2.57 bits per heavy atom. The van der Waals surface area contributed by atoms with Gasteiger partial charge in [-0.15, -0.1) is 11.3 Å². The number of nitrogens with zero attached hydrogens (tertiary/aromatic N) is 2. The Hall–Kier alpha value is -2.37. The average Bonchev–Trinajstić information content (AvgIpc) is 3.05. The van der Waals surface area contributed by atoms with Gasteiger partial charge < -0.3 is 9.30 Å². The lowest BCUT2D eigenvalue weighted by atomic mass is 10.1. The normalized spacial score (nSPS) is 11.6. The van der Waals surface area contributed by atoms with Crippen molar-refractivity contribution in [3.8, 4) is 17.0 Å². The molecule has 0 unspecified atom stereocenters. The highest BCUT2D eigenvalue weighted by Gasteiger charge is 2.15. The van der Waals surface area contributed by atoms with Crippen molar-refractivity contribution in [1.29, 1.82) is 0 Å². The molecular weight excluding hydrogens is 392 g/mol. The highest BCUT2D eigenvalue weighted by Crippen LogP contribution is 2.28. The van der Waals surface area contributed by atoms with Crippen LogP contribution in [-0.4, -0.2) is 17.6 Å². The zero-order chi connectivity index (χ0) is 20.1. The van der Waals surface area contributed by atoms with Crippen LogP contribution in [0.15, 0.2) is 53.5 Å². The summed E-state index contributed by atoms with van der Waals surface area (Å²) in [6.07, 6.45) is 1.96. The molecule has 2 aromatic carbocycles. The molecule has 4 nitrogen and oxygen atoms in total. The molecule has 1 aromatic heterocycles. The molecule has 0 bridgehead atoms. The Morgan fingerprint density at radius 1 is 1.18 bits per heavy atom. The van der Waals surface area contributed by atoms with Gasteiger partial charge in [-0.25, -0.2) is 0 Å². The van der Waals surface area contributed by atoms with Gasteiger partial charge >= 0.3 is 0 Å². The molecule has 0 radical (unpaired) electrons. The molecule has 3 aromatic rings. The summed E-state index contributed by atoms with van der Waals surface area (Å²) in [5.74, 6) is 0.372. The third-order valence-corrected chi connectivity index (χ3v) is 5.79. The molecule has 0 N–H and O–H groups in total. The number of ether oxygens (including phenoxy) is 1. The number of aromatic nitrogens is 1. The molecule has 0 spiro atoms. The van der Waals surface area contributed by atoms with Gasteiger partial charge in [-0.1, -0.05) is 43.1 Å². The Morgan fingerprint density at radius 2 is 1.93 bits per heavy atom. The maximum Gasteiger partial charge on any atom is 0.279 e. The van der Waals surface area contributed by atoms with E-state index in [0.29, 0.717) is 21.1 Å². The third-order valence-electron chi connectivity index (χ3n) is 4.40. The molecule has 28 heavy (non-hydrogen) atoms. The van der Waals surface area contributed by atoms with E-state index in [2.05, 4.69) is 23.4 Å². The van der Waals surface area contributed by atoms with E-state index in [4.69, 9.17) is 16.3 Å². The number of amides is 1. The highest BCUT2D eigenvalue weighted by molar-refractivity contribution is 7.09. The van der Waals surface area contributed by atoms with Crippen molar-refractivity contribution in [1.82, 2.24) is 4.57 Å². The minimum Gasteiger partial charge on any atom is -0.497 e. The predicted molar refractivity (Wildman–Crippen MR) is 115 cm³/mol. The average molecular weight is 415 g/mol. The molecule has 0 saturated carbocycles. The number of benzene rings is 2. The zero-order valence-corrected chi connectivity index (χ0v) is 17.8. The van der Waals surface area contributed by atoms with Gasteiger partial charge in [0.05, 0.1) is 12.8 Å². The fourth-order valence-electron chi connectivity index (χ4n) is 3.06. The van der Waals surface area contributed by atoms with Crippen LogP contribution < -0.4 is 9.54 Å². The second-order valence-corrected chi connectivity index (χ2v) is 7.80. The number of thiazole rings is 1. The van der Waals surface area contributed by atoms with E-state index < -0.39 is 0 Å². The summed E-state index contributed by atoms with van der Waals surface area (Å²) in [5.41, 5.74) is 2.71. The van der Waals surface area contributed by atoms with E-state index in [9.17, 15) is 4.79 Å². The number of rotatable bonds is 6. The third kappa shape index (κ3) is 4.37. The zero-order valence-electron chi connectivity index (χ0n) is 16.2. The summed E-state index contributed by atoms with van der Waals surface area (Å²) in [6.45, 7) is 4.94. The summed E-state index contributed by atoms with van der Waals surface area (Å²) < 4.78 is 7.32. The van der Waals surface area contributed by atoms with Gasteiger partial charge in [-0.3, -0.25) is 4.79 Å². The number of carbonyl (C=O) groups excluding carboxylic acids is 1. The highest BCUT2D eigenvalue weighted by atomic mass is 35.5. The van der Waals surface area contributed by atoms with E-state index >= 15 is 0 Å². The number of hydrogen-bond acceptors (Lipinski definition) is 3. The smallest absolute Gasteiger partial charge is 0.279 e. The van der Waals surface area contributed by atoms with E-state index in [-0.39, 0.29) is 5.91 Å². The van der Waals surface area contributed by atoms with Crippen molar-refractivity contribution in [2.24, 2.45) is 4.99 Å². The first kappa shape index (κ1) is 20.4. The molecule has 0 fully saturated rings. The van der Waals surface area contributed by atoms with Gasteiger partial charge in [-0.05, 0) is 49.2 Å². The number of carbonyl (C=O) groups is 1. The maximum atomic E-state index is 12.8. The van der Waals surface area contributed by atoms with Crippen LogP contribution in [0.3, 0.4) is 0 Å². The second-order valence-electron chi connectivity index (χ2n) is 6.31. The summed E-state index contributed by atoms with van der Waals surface area (Å²) in [4.78, 5) is 19.1. The van der Waals surface area contributed by atoms with Crippen LogP contribution >= 0.6 is 22.9 Å². The van der Waals surface area contributed by atoms with Gasteiger partial charge in [0.2, 0.25) is 0 Å². The van der Waals surface area contributed by atoms with E-state index in [1.165, 1.54) is 4.88 Å². The van der Waals surface area contributed by atoms with Crippen molar-refractivity contribution in [2.45, 2.75) is 33.2 Å². The monoisotopic (exact) mass is 414 g/mol.